The van der Waals surface area contributed by atoms with Crippen molar-refractivity contribution in [1.29, 1.82) is 0 Å². The van der Waals surface area contributed by atoms with Crippen LogP contribution in [0.5, 0.6) is 0 Å². The lowest BCUT2D eigenvalue weighted by Crippen LogP contribution is -2.09. The van der Waals surface area contributed by atoms with Gasteiger partial charge in [0.25, 0.3) is 0 Å². The van der Waals surface area contributed by atoms with E-state index in [0.717, 1.165) is 0 Å². The summed E-state index contributed by atoms with van der Waals surface area (Å²) in [4.78, 5) is 9.88. The van der Waals surface area contributed by atoms with Gasteiger partial charge in [-0.3, -0.25) is 4.79 Å². The van der Waals surface area contributed by atoms with E-state index in [1.165, 1.54) is 0 Å². The lowest BCUT2D eigenvalue weighted by atomic mass is 10.2. The molecule has 0 aliphatic carbocycles. The van der Waals surface area contributed by atoms with E-state index in [0.29, 0.717) is 5.75 Å². The second kappa shape index (κ2) is 2.91. The number of rotatable bonds is 2. The summed E-state index contributed by atoms with van der Waals surface area (Å²) in [6, 6.07) is 0. The maximum atomic E-state index is 9.88. The summed E-state index contributed by atoms with van der Waals surface area (Å²) in [6.07, 6.45) is 0. The Morgan fingerprint density at radius 2 is 2.43 bits per heavy atom. The van der Waals surface area contributed by atoms with Gasteiger partial charge in [-0.25, -0.2) is 0 Å². The largest absolute Gasteiger partial charge is 0.481 e. The van der Waals surface area contributed by atoms with Crippen molar-refractivity contribution in [3.63, 3.8) is 0 Å². The molecule has 0 saturated heterocycles. The van der Waals surface area contributed by atoms with Crippen molar-refractivity contribution in [3.8, 4) is 0 Å². The molecule has 7 heavy (non-hydrogen) atoms. The molecule has 0 amide bonds. The van der Waals surface area contributed by atoms with Crippen LogP contribution in [-0.4, -0.2) is 16.8 Å². The molecule has 0 rings (SSSR count). The van der Waals surface area contributed by atoms with Gasteiger partial charge in [-0.15, -0.1) is 0 Å². The van der Waals surface area contributed by atoms with Crippen LogP contribution in [0, 0.1) is 5.92 Å². The van der Waals surface area contributed by atoms with Crippen molar-refractivity contribution in [1.82, 2.24) is 0 Å². The van der Waals surface area contributed by atoms with E-state index in [2.05, 4.69) is 12.6 Å². The molecule has 1 N–H and O–H groups in total. The van der Waals surface area contributed by atoms with Gasteiger partial charge in [0.2, 0.25) is 0 Å². The van der Waals surface area contributed by atoms with E-state index in [1.54, 1.807) is 6.92 Å². The number of carboxylic acid groups (broad SMARTS) is 1. The van der Waals surface area contributed by atoms with Crippen molar-refractivity contribution in [2.45, 2.75) is 6.92 Å². The van der Waals surface area contributed by atoms with Crippen molar-refractivity contribution in [2.75, 3.05) is 5.75 Å². The van der Waals surface area contributed by atoms with Crippen LogP contribution in [-0.2, 0) is 4.79 Å². The Hall–Kier alpha value is -0.180. The summed E-state index contributed by atoms with van der Waals surface area (Å²) in [6.45, 7) is 1.62. The van der Waals surface area contributed by atoms with Crippen LogP contribution >= 0.6 is 12.6 Å². The van der Waals surface area contributed by atoms with Gasteiger partial charge in [0, 0.05) is 5.75 Å². The van der Waals surface area contributed by atoms with Crippen LogP contribution in [0.4, 0.5) is 0 Å². The van der Waals surface area contributed by atoms with Gasteiger partial charge in [0.1, 0.15) is 0 Å². The molecule has 0 aromatic carbocycles. The van der Waals surface area contributed by atoms with E-state index in [-0.39, 0.29) is 5.92 Å². The SMILES string of the molecule is C[C@@H](CS)C(=O)O. The van der Waals surface area contributed by atoms with Crippen LogP contribution < -0.4 is 0 Å². The lowest BCUT2D eigenvalue weighted by molar-refractivity contribution is -0.140. The van der Waals surface area contributed by atoms with E-state index in [9.17, 15) is 4.79 Å². The number of hydrogen-bond acceptors (Lipinski definition) is 2. The number of carboxylic acids is 1. The maximum Gasteiger partial charge on any atom is 0.307 e. The van der Waals surface area contributed by atoms with E-state index < -0.39 is 5.97 Å². The predicted molar refractivity (Wildman–Crippen MR) is 30.7 cm³/mol. The molecule has 42 valence electrons. The van der Waals surface area contributed by atoms with Crippen LogP contribution in [0.2, 0.25) is 0 Å². The Morgan fingerprint density at radius 1 is 2.00 bits per heavy atom. The normalized spacial score (nSPS) is 13.4. The summed E-state index contributed by atoms with van der Waals surface area (Å²) in [5, 5.41) is 8.13. The first kappa shape index (κ1) is 6.82. The summed E-state index contributed by atoms with van der Waals surface area (Å²) < 4.78 is 0. The van der Waals surface area contributed by atoms with Crippen molar-refractivity contribution >= 4 is 18.6 Å². The minimum atomic E-state index is -0.782. The fourth-order valence-electron chi connectivity index (χ4n) is 0.0781. The second-order valence-electron chi connectivity index (χ2n) is 1.42. The average Bonchev–Trinajstić information content (AvgIpc) is 1.65. The molecule has 0 aliphatic rings. The highest BCUT2D eigenvalue weighted by atomic mass is 32.1. The standard InChI is InChI=1S/C4H8O2S/c1-3(2-7)4(5)6/h3,7H,2H2,1H3,(H,5,6)/t3-/m0/s1. The zero-order valence-corrected chi connectivity index (χ0v) is 4.98. The molecule has 0 saturated carbocycles. The summed E-state index contributed by atoms with van der Waals surface area (Å²) in [7, 11) is 0. The lowest BCUT2D eigenvalue weighted by Gasteiger charge is -1.95. The van der Waals surface area contributed by atoms with Gasteiger partial charge in [0.15, 0.2) is 0 Å². The average molecular weight is 120 g/mol. The van der Waals surface area contributed by atoms with Crippen LogP contribution in [0.3, 0.4) is 0 Å². The van der Waals surface area contributed by atoms with Gasteiger partial charge in [-0.1, -0.05) is 6.92 Å². The Balaban J connectivity index is 3.34. The van der Waals surface area contributed by atoms with Crippen molar-refractivity contribution in [2.24, 2.45) is 5.92 Å². The van der Waals surface area contributed by atoms with Crippen molar-refractivity contribution < 1.29 is 9.90 Å². The Labute approximate surface area is 47.9 Å². The quantitative estimate of drug-likeness (QED) is 0.525. The van der Waals surface area contributed by atoms with Gasteiger partial charge in [0.05, 0.1) is 5.92 Å². The molecule has 0 aromatic rings. The molecule has 1 atom stereocenters. The maximum absolute atomic E-state index is 9.88. The molecule has 0 unspecified atom stereocenters. The molecule has 0 aliphatic heterocycles. The molecule has 0 bridgehead atoms. The van der Waals surface area contributed by atoms with Crippen LogP contribution in [0.15, 0.2) is 0 Å². The fraction of sp³-hybridized carbons (Fsp3) is 0.750. The molecule has 0 radical (unpaired) electrons. The summed E-state index contributed by atoms with van der Waals surface area (Å²) >= 11 is 3.77. The number of aliphatic carboxylic acids is 1. The third kappa shape index (κ3) is 2.51. The molecule has 0 aromatic heterocycles. The Kier molecular flexibility index (Phi) is 2.83. The second-order valence-corrected chi connectivity index (χ2v) is 1.79. The summed E-state index contributed by atoms with van der Waals surface area (Å²) in [5.41, 5.74) is 0. The first-order valence-electron chi connectivity index (χ1n) is 2.02. The minimum Gasteiger partial charge on any atom is -0.481 e. The topological polar surface area (TPSA) is 37.3 Å². The minimum absolute atomic E-state index is 0.316. The van der Waals surface area contributed by atoms with Gasteiger partial charge >= 0.3 is 5.97 Å². The highest BCUT2D eigenvalue weighted by molar-refractivity contribution is 7.80. The zero-order chi connectivity index (χ0) is 5.86. The predicted octanol–water partition coefficient (Wildman–Crippen LogP) is 0.637. The third-order valence-electron chi connectivity index (χ3n) is 0.695. The number of hydrogen-bond donors (Lipinski definition) is 2. The molecular weight excluding hydrogens is 112 g/mol. The van der Waals surface area contributed by atoms with Crippen LogP contribution in [0.1, 0.15) is 6.92 Å². The number of thiol groups is 1. The van der Waals surface area contributed by atoms with E-state index in [4.69, 9.17) is 5.11 Å². The third-order valence-corrected chi connectivity index (χ3v) is 1.24. The first-order valence-corrected chi connectivity index (χ1v) is 2.65. The van der Waals surface area contributed by atoms with Gasteiger partial charge in [-0.2, -0.15) is 12.6 Å². The van der Waals surface area contributed by atoms with Crippen molar-refractivity contribution in [3.05, 3.63) is 0 Å². The molecular formula is C4H8O2S. The summed E-state index contributed by atoms with van der Waals surface area (Å²) in [5.74, 6) is -0.687. The Morgan fingerprint density at radius 3 is 2.43 bits per heavy atom. The first-order chi connectivity index (χ1) is 3.18. The van der Waals surface area contributed by atoms with Gasteiger partial charge in [-0.05, 0) is 0 Å². The monoisotopic (exact) mass is 120 g/mol. The number of carbonyl (C=O) groups is 1. The highest BCUT2D eigenvalue weighted by Gasteiger charge is 2.05. The Bertz CT molecular complexity index is 72.1. The molecule has 0 spiro atoms. The molecule has 0 heterocycles. The smallest absolute Gasteiger partial charge is 0.307 e. The fourth-order valence-corrected chi connectivity index (χ4v) is 0.234. The zero-order valence-electron chi connectivity index (χ0n) is 4.09. The van der Waals surface area contributed by atoms with Gasteiger partial charge < -0.3 is 5.11 Å². The molecule has 3 heteroatoms. The van der Waals surface area contributed by atoms with Crippen LogP contribution in [0.25, 0.3) is 0 Å². The molecule has 0 fully saturated rings. The van der Waals surface area contributed by atoms with E-state index >= 15 is 0 Å². The highest BCUT2D eigenvalue weighted by Crippen LogP contribution is 1.94. The molecule has 2 nitrogen and oxygen atoms in total. The van der Waals surface area contributed by atoms with E-state index in [1.807, 2.05) is 0 Å².